The van der Waals surface area contributed by atoms with E-state index in [-0.39, 0.29) is 12.0 Å². The summed E-state index contributed by atoms with van der Waals surface area (Å²) in [5, 5.41) is 0. The molecule has 7 nitrogen and oxygen atoms in total. The van der Waals surface area contributed by atoms with E-state index in [1.807, 2.05) is 42.2 Å². The van der Waals surface area contributed by atoms with E-state index in [1.54, 1.807) is 4.90 Å². The molecule has 0 aromatic heterocycles. The zero-order valence-electron chi connectivity index (χ0n) is 16.7. The third-order valence-corrected chi connectivity index (χ3v) is 5.50. The summed E-state index contributed by atoms with van der Waals surface area (Å²) in [5.41, 5.74) is 0. The van der Waals surface area contributed by atoms with E-state index in [0.29, 0.717) is 25.7 Å². The summed E-state index contributed by atoms with van der Waals surface area (Å²) in [5.74, 6) is 0.960. The molecule has 2 aliphatic heterocycles. The van der Waals surface area contributed by atoms with E-state index in [4.69, 9.17) is 9.47 Å². The Morgan fingerprint density at radius 3 is 2.29 bits per heavy atom. The van der Waals surface area contributed by atoms with Gasteiger partial charge in [-0.15, -0.1) is 0 Å². The van der Waals surface area contributed by atoms with E-state index in [1.165, 1.54) is 0 Å². The lowest BCUT2D eigenvalue weighted by atomic mass is 10.0. The van der Waals surface area contributed by atoms with Crippen molar-refractivity contribution < 1.29 is 19.1 Å². The first-order chi connectivity index (χ1) is 13.7. The molecule has 2 aliphatic rings. The molecule has 3 rings (SSSR count). The van der Waals surface area contributed by atoms with Gasteiger partial charge in [0.2, 0.25) is 5.91 Å². The van der Waals surface area contributed by atoms with Crippen LogP contribution in [-0.4, -0.2) is 85.2 Å². The molecule has 2 fully saturated rings. The Morgan fingerprint density at radius 1 is 0.964 bits per heavy atom. The molecule has 7 heteroatoms. The van der Waals surface area contributed by atoms with Gasteiger partial charge >= 0.3 is 6.09 Å². The highest BCUT2D eigenvalue weighted by atomic mass is 16.6. The first kappa shape index (κ1) is 20.5. The smallest absolute Gasteiger partial charge is 0.409 e. The van der Waals surface area contributed by atoms with Crippen LogP contribution >= 0.6 is 0 Å². The maximum Gasteiger partial charge on any atom is 0.409 e. The summed E-state index contributed by atoms with van der Waals surface area (Å²) in [6.45, 7) is 7.49. The fraction of sp³-hybridized carbons (Fsp3) is 0.619. The van der Waals surface area contributed by atoms with Crippen LogP contribution in [0.15, 0.2) is 30.3 Å². The molecule has 0 aliphatic carbocycles. The molecular weight excluding hydrogens is 358 g/mol. The van der Waals surface area contributed by atoms with Crippen molar-refractivity contribution in [3.63, 3.8) is 0 Å². The second-order valence-electron chi connectivity index (χ2n) is 7.25. The fourth-order valence-corrected chi connectivity index (χ4v) is 3.90. The number of carbonyl (C=O) groups is 2. The minimum Gasteiger partial charge on any atom is -0.493 e. The predicted molar refractivity (Wildman–Crippen MR) is 106 cm³/mol. The van der Waals surface area contributed by atoms with Gasteiger partial charge < -0.3 is 19.3 Å². The molecule has 0 N–H and O–H groups in total. The summed E-state index contributed by atoms with van der Waals surface area (Å²) in [4.78, 5) is 30.4. The summed E-state index contributed by atoms with van der Waals surface area (Å²) in [6, 6.07) is 10.1. The molecular formula is C21H31N3O4. The van der Waals surface area contributed by atoms with Gasteiger partial charge in [-0.2, -0.15) is 0 Å². The van der Waals surface area contributed by atoms with E-state index in [9.17, 15) is 9.59 Å². The number of nitrogens with zero attached hydrogens (tertiary/aromatic N) is 3. The monoisotopic (exact) mass is 389 g/mol. The van der Waals surface area contributed by atoms with Crippen molar-refractivity contribution in [1.82, 2.24) is 14.7 Å². The summed E-state index contributed by atoms with van der Waals surface area (Å²) in [6.07, 6.45) is 2.15. The molecule has 1 aromatic rings. The van der Waals surface area contributed by atoms with Gasteiger partial charge in [0, 0.05) is 45.3 Å². The Bertz CT molecular complexity index is 624. The molecule has 2 heterocycles. The van der Waals surface area contributed by atoms with Crippen LogP contribution < -0.4 is 4.74 Å². The summed E-state index contributed by atoms with van der Waals surface area (Å²) < 4.78 is 10.7. The number of piperazine rings is 1. The molecule has 0 spiro atoms. The Hall–Kier alpha value is -2.28. The Kier molecular flexibility index (Phi) is 7.54. The van der Waals surface area contributed by atoms with E-state index >= 15 is 0 Å². The molecule has 0 radical (unpaired) electrons. The number of piperidine rings is 1. The molecule has 0 atom stereocenters. The standard InChI is InChI=1S/C21H31N3O4/c1-2-27-21(26)24-11-8-18(9-12-24)22-13-15-23(16-14-22)20(25)10-17-28-19-6-4-3-5-7-19/h3-7,18H,2,8-17H2,1H3. The number of hydrogen-bond donors (Lipinski definition) is 0. The van der Waals surface area contributed by atoms with Crippen LogP contribution in [0.1, 0.15) is 26.2 Å². The van der Waals surface area contributed by atoms with Gasteiger partial charge in [-0.05, 0) is 31.9 Å². The van der Waals surface area contributed by atoms with Gasteiger partial charge in [0.1, 0.15) is 5.75 Å². The first-order valence-electron chi connectivity index (χ1n) is 10.3. The average Bonchev–Trinajstić information content (AvgIpc) is 2.75. The molecule has 0 saturated carbocycles. The Morgan fingerprint density at radius 2 is 1.64 bits per heavy atom. The molecule has 0 bridgehead atoms. The number of ether oxygens (including phenoxy) is 2. The van der Waals surface area contributed by atoms with Crippen LogP contribution in [0.2, 0.25) is 0 Å². The average molecular weight is 389 g/mol. The van der Waals surface area contributed by atoms with Crippen LogP contribution in [0, 0.1) is 0 Å². The number of amides is 2. The quantitative estimate of drug-likeness (QED) is 0.747. The summed E-state index contributed by atoms with van der Waals surface area (Å²) in [7, 11) is 0. The first-order valence-corrected chi connectivity index (χ1v) is 10.3. The minimum atomic E-state index is -0.200. The molecule has 28 heavy (non-hydrogen) atoms. The molecule has 2 saturated heterocycles. The van der Waals surface area contributed by atoms with Crippen molar-refractivity contribution in [3.05, 3.63) is 30.3 Å². The Labute approximate surface area is 167 Å². The SMILES string of the molecule is CCOC(=O)N1CCC(N2CCN(C(=O)CCOc3ccccc3)CC2)CC1. The van der Waals surface area contributed by atoms with Crippen molar-refractivity contribution in [1.29, 1.82) is 0 Å². The highest BCUT2D eigenvalue weighted by molar-refractivity contribution is 5.76. The van der Waals surface area contributed by atoms with Gasteiger partial charge in [0.25, 0.3) is 0 Å². The summed E-state index contributed by atoms with van der Waals surface area (Å²) >= 11 is 0. The van der Waals surface area contributed by atoms with Crippen LogP contribution in [0.5, 0.6) is 5.75 Å². The number of rotatable bonds is 6. The highest BCUT2D eigenvalue weighted by Crippen LogP contribution is 2.19. The zero-order valence-corrected chi connectivity index (χ0v) is 16.7. The molecule has 2 amide bonds. The maximum atomic E-state index is 12.4. The van der Waals surface area contributed by atoms with Gasteiger partial charge in [-0.1, -0.05) is 18.2 Å². The van der Waals surface area contributed by atoms with E-state index in [0.717, 1.165) is 57.9 Å². The molecule has 0 unspecified atom stereocenters. The minimum absolute atomic E-state index is 0.160. The van der Waals surface area contributed by atoms with Gasteiger partial charge in [0.15, 0.2) is 0 Å². The van der Waals surface area contributed by atoms with Crippen molar-refractivity contribution in [2.75, 3.05) is 52.5 Å². The number of para-hydroxylation sites is 1. The predicted octanol–water partition coefficient (Wildman–Crippen LogP) is 2.22. The largest absolute Gasteiger partial charge is 0.493 e. The lowest BCUT2D eigenvalue weighted by Crippen LogP contribution is -2.54. The van der Waals surface area contributed by atoms with Gasteiger partial charge in [-0.3, -0.25) is 9.69 Å². The number of hydrogen-bond acceptors (Lipinski definition) is 5. The Balaban J connectivity index is 1.34. The third kappa shape index (κ3) is 5.61. The lowest BCUT2D eigenvalue weighted by Gasteiger charge is -2.42. The van der Waals surface area contributed by atoms with Crippen LogP contribution in [0.4, 0.5) is 4.79 Å². The molecule has 154 valence electrons. The van der Waals surface area contributed by atoms with Gasteiger partial charge in [-0.25, -0.2) is 4.79 Å². The van der Waals surface area contributed by atoms with Gasteiger partial charge in [0.05, 0.1) is 19.6 Å². The van der Waals surface area contributed by atoms with Crippen LogP contribution in [0.3, 0.4) is 0 Å². The van der Waals surface area contributed by atoms with E-state index in [2.05, 4.69) is 4.90 Å². The van der Waals surface area contributed by atoms with Crippen molar-refractivity contribution in [3.8, 4) is 5.75 Å². The zero-order chi connectivity index (χ0) is 19.8. The second kappa shape index (κ2) is 10.3. The lowest BCUT2D eigenvalue weighted by molar-refractivity contribution is -0.134. The second-order valence-corrected chi connectivity index (χ2v) is 7.25. The van der Waals surface area contributed by atoms with Crippen LogP contribution in [0.25, 0.3) is 0 Å². The van der Waals surface area contributed by atoms with Crippen molar-refractivity contribution in [2.45, 2.75) is 32.2 Å². The van der Waals surface area contributed by atoms with Crippen LogP contribution in [-0.2, 0) is 9.53 Å². The fourth-order valence-electron chi connectivity index (χ4n) is 3.90. The number of likely N-dealkylation sites (tertiary alicyclic amines) is 1. The highest BCUT2D eigenvalue weighted by Gasteiger charge is 2.30. The van der Waals surface area contributed by atoms with E-state index < -0.39 is 0 Å². The van der Waals surface area contributed by atoms with Crippen molar-refractivity contribution >= 4 is 12.0 Å². The normalized spacial score (nSPS) is 18.8. The topological polar surface area (TPSA) is 62.3 Å². The van der Waals surface area contributed by atoms with Crippen molar-refractivity contribution in [2.24, 2.45) is 0 Å². The number of benzene rings is 1. The molecule has 1 aromatic carbocycles. The number of carbonyl (C=O) groups excluding carboxylic acids is 2. The maximum absolute atomic E-state index is 12.4. The third-order valence-electron chi connectivity index (χ3n) is 5.50.